The number of anilines is 1. The Balaban J connectivity index is 1.81. The van der Waals surface area contributed by atoms with E-state index in [2.05, 4.69) is 10.6 Å². The van der Waals surface area contributed by atoms with E-state index in [1.165, 1.54) is 0 Å². The fourth-order valence-corrected chi connectivity index (χ4v) is 2.44. The molecule has 1 aliphatic rings. The van der Waals surface area contributed by atoms with Crippen molar-refractivity contribution >= 4 is 17.7 Å². The van der Waals surface area contributed by atoms with E-state index in [-0.39, 0.29) is 17.9 Å². The zero-order chi connectivity index (χ0) is 13.7. The SMILES string of the molecule is O=C(O)N[C@H]1CC[C@H](C(=O)Nc2ccccc2)CC1. The first-order valence-electron chi connectivity index (χ1n) is 6.50. The molecular formula is C14H18N2O3. The molecule has 102 valence electrons. The molecule has 2 amide bonds. The van der Waals surface area contributed by atoms with Gasteiger partial charge < -0.3 is 15.7 Å². The van der Waals surface area contributed by atoms with Crippen LogP contribution in [0.15, 0.2) is 30.3 Å². The van der Waals surface area contributed by atoms with Crippen LogP contribution in [0, 0.1) is 5.92 Å². The van der Waals surface area contributed by atoms with Crippen LogP contribution in [0.2, 0.25) is 0 Å². The van der Waals surface area contributed by atoms with Crippen molar-refractivity contribution in [1.29, 1.82) is 0 Å². The first-order valence-corrected chi connectivity index (χ1v) is 6.50. The third-order valence-corrected chi connectivity index (χ3v) is 3.47. The summed E-state index contributed by atoms with van der Waals surface area (Å²) in [6.45, 7) is 0. The van der Waals surface area contributed by atoms with Gasteiger partial charge in [-0.2, -0.15) is 0 Å². The van der Waals surface area contributed by atoms with Gasteiger partial charge in [0.05, 0.1) is 0 Å². The van der Waals surface area contributed by atoms with Crippen LogP contribution in [0.3, 0.4) is 0 Å². The lowest BCUT2D eigenvalue weighted by molar-refractivity contribution is -0.120. The molecule has 19 heavy (non-hydrogen) atoms. The van der Waals surface area contributed by atoms with Crippen molar-refractivity contribution in [2.45, 2.75) is 31.7 Å². The van der Waals surface area contributed by atoms with Crippen LogP contribution in [-0.4, -0.2) is 23.1 Å². The Kier molecular flexibility index (Phi) is 4.39. The van der Waals surface area contributed by atoms with E-state index < -0.39 is 6.09 Å². The van der Waals surface area contributed by atoms with Gasteiger partial charge in [0.25, 0.3) is 0 Å². The lowest BCUT2D eigenvalue weighted by Gasteiger charge is -2.27. The van der Waals surface area contributed by atoms with Crippen LogP contribution in [0.1, 0.15) is 25.7 Å². The first-order chi connectivity index (χ1) is 9.15. The Morgan fingerprint density at radius 1 is 1.05 bits per heavy atom. The maximum atomic E-state index is 12.0. The van der Waals surface area contributed by atoms with Crippen molar-refractivity contribution in [3.8, 4) is 0 Å². The van der Waals surface area contributed by atoms with Gasteiger partial charge >= 0.3 is 6.09 Å². The van der Waals surface area contributed by atoms with E-state index in [0.29, 0.717) is 0 Å². The predicted octanol–water partition coefficient (Wildman–Crippen LogP) is 2.45. The number of nitrogens with one attached hydrogen (secondary N) is 2. The van der Waals surface area contributed by atoms with Gasteiger partial charge in [0.2, 0.25) is 5.91 Å². The molecule has 0 saturated heterocycles. The maximum absolute atomic E-state index is 12.0. The molecule has 0 aliphatic heterocycles. The highest BCUT2D eigenvalue weighted by Gasteiger charge is 2.26. The minimum absolute atomic E-state index is 0.0155. The van der Waals surface area contributed by atoms with Gasteiger partial charge in [-0.3, -0.25) is 4.79 Å². The molecule has 0 aromatic heterocycles. The van der Waals surface area contributed by atoms with Crippen LogP contribution < -0.4 is 10.6 Å². The highest BCUT2D eigenvalue weighted by molar-refractivity contribution is 5.92. The second-order valence-corrected chi connectivity index (χ2v) is 4.85. The van der Waals surface area contributed by atoms with Gasteiger partial charge in [-0.15, -0.1) is 0 Å². The summed E-state index contributed by atoms with van der Waals surface area (Å²) >= 11 is 0. The second-order valence-electron chi connectivity index (χ2n) is 4.85. The molecule has 0 bridgehead atoms. The minimum Gasteiger partial charge on any atom is -0.465 e. The Morgan fingerprint density at radius 3 is 2.26 bits per heavy atom. The molecule has 1 saturated carbocycles. The smallest absolute Gasteiger partial charge is 0.404 e. The lowest BCUT2D eigenvalue weighted by Crippen LogP contribution is -2.38. The van der Waals surface area contributed by atoms with Crippen LogP contribution in [-0.2, 0) is 4.79 Å². The number of benzene rings is 1. The number of carboxylic acid groups (broad SMARTS) is 1. The Bertz CT molecular complexity index is 439. The van der Waals surface area contributed by atoms with Crippen molar-refractivity contribution in [2.24, 2.45) is 5.92 Å². The number of hydrogen-bond donors (Lipinski definition) is 3. The Labute approximate surface area is 112 Å². The van der Waals surface area contributed by atoms with Gasteiger partial charge in [0.15, 0.2) is 0 Å². The summed E-state index contributed by atoms with van der Waals surface area (Å²) in [5.74, 6) is 0.00651. The summed E-state index contributed by atoms with van der Waals surface area (Å²) in [5, 5.41) is 14.0. The molecule has 0 spiro atoms. The van der Waals surface area contributed by atoms with Crippen LogP contribution in [0.4, 0.5) is 10.5 Å². The molecule has 0 heterocycles. The predicted molar refractivity (Wildman–Crippen MR) is 72.0 cm³/mol. The van der Waals surface area contributed by atoms with Gasteiger partial charge in [-0.1, -0.05) is 18.2 Å². The molecule has 0 atom stereocenters. The van der Waals surface area contributed by atoms with E-state index in [4.69, 9.17) is 5.11 Å². The van der Waals surface area contributed by atoms with Crippen molar-refractivity contribution < 1.29 is 14.7 Å². The molecule has 1 aliphatic carbocycles. The summed E-state index contributed by atoms with van der Waals surface area (Å²) < 4.78 is 0. The highest BCUT2D eigenvalue weighted by atomic mass is 16.4. The molecule has 0 unspecified atom stereocenters. The Hall–Kier alpha value is -2.04. The molecule has 0 radical (unpaired) electrons. The Morgan fingerprint density at radius 2 is 1.68 bits per heavy atom. The third-order valence-electron chi connectivity index (χ3n) is 3.47. The average molecular weight is 262 g/mol. The summed E-state index contributed by atoms with van der Waals surface area (Å²) in [6, 6.07) is 9.36. The largest absolute Gasteiger partial charge is 0.465 e. The minimum atomic E-state index is -0.989. The lowest BCUT2D eigenvalue weighted by atomic mass is 9.85. The molecule has 2 rings (SSSR count). The summed E-state index contributed by atoms with van der Waals surface area (Å²) in [7, 11) is 0. The molecular weight excluding hydrogens is 244 g/mol. The molecule has 3 N–H and O–H groups in total. The van der Waals surface area contributed by atoms with Gasteiger partial charge in [-0.25, -0.2) is 4.79 Å². The van der Waals surface area contributed by atoms with Crippen molar-refractivity contribution in [2.75, 3.05) is 5.32 Å². The van der Waals surface area contributed by atoms with Crippen molar-refractivity contribution in [1.82, 2.24) is 5.32 Å². The number of rotatable bonds is 3. The normalized spacial score (nSPS) is 22.5. The van der Waals surface area contributed by atoms with Gasteiger partial charge in [0, 0.05) is 17.6 Å². The second kappa shape index (κ2) is 6.22. The van der Waals surface area contributed by atoms with Crippen LogP contribution in [0.5, 0.6) is 0 Å². The monoisotopic (exact) mass is 262 g/mol. The fourth-order valence-electron chi connectivity index (χ4n) is 2.44. The number of hydrogen-bond acceptors (Lipinski definition) is 2. The van der Waals surface area contributed by atoms with E-state index in [1.807, 2.05) is 30.3 Å². The zero-order valence-electron chi connectivity index (χ0n) is 10.6. The van der Waals surface area contributed by atoms with E-state index >= 15 is 0 Å². The number of carbonyl (C=O) groups excluding carboxylic acids is 1. The first kappa shape index (κ1) is 13.4. The molecule has 5 nitrogen and oxygen atoms in total. The molecule has 1 fully saturated rings. The van der Waals surface area contributed by atoms with E-state index in [1.54, 1.807) is 0 Å². The van der Waals surface area contributed by atoms with Gasteiger partial charge in [-0.05, 0) is 37.8 Å². The summed E-state index contributed by atoms with van der Waals surface area (Å²) in [4.78, 5) is 22.6. The zero-order valence-corrected chi connectivity index (χ0v) is 10.6. The quantitative estimate of drug-likeness (QED) is 0.783. The fraction of sp³-hybridized carbons (Fsp3) is 0.429. The number of amides is 2. The molecule has 1 aromatic rings. The van der Waals surface area contributed by atoms with Crippen molar-refractivity contribution in [3.63, 3.8) is 0 Å². The van der Waals surface area contributed by atoms with Crippen LogP contribution in [0.25, 0.3) is 0 Å². The summed E-state index contributed by atoms with van der Waals surface area (Å²) in [6.07, 6.45) is 1.91. The number of para-hydroxylation sites is 1. The topological polar surface area (TPSA) is 78.4 Å². The van der Waals surface area contributed by atoms with Crippen molar-refractivity contribution in [3.05, 3.63) is 30.3 Å². The van der Waals surface area contributed by atoms with E-state index in [0.717, 1.165) is 31.4 Å². The average Bonchev–Trinajstić information content (AvgIpc) is 2.40. The van der Waals surface area contributed by atoms with Gasteiger partial charge in [0.1, 0.15) is 0 Å². The van der Waals surface area contributed by atoms with E-state index in [9.17, 15) is 9.59 Å². The number of carbonyl (C=O) groups is 2. The molecule has 5 heteroatoms. The third kappa shape index (κ3) is 3.98. The summed E-state index contributed by atoms with van der Waals surface area (Å²) in [5.41, 5.74) is 0.804. The maximum Gasteiger partial charge on any atom is 0.404 e. The highest BCUT2D eigenvalue weighted by Crippen LogP contribution is 2.25. The van der Waals surface area contributed by atoms with Crippen LogP contribution >= 0.6 is 0 Å². The molecule has 1 aromatic carbocycles. The standard InChI is InChI=1S/C14H18N2O3/c17-13(15-11-4-2-1-3-5-11)10-6-8-12(9-7-10)16-14(18)19/h1-5,10,12,16H,6-9H2,(H,15,17)(H,18,19)/t10-,12-.